The molecule has 2 atom stereocenters. The fourth-order valence-corrected chi connectivity index (χ4v) is 5.92. The maximum atomic E-state index is 13.8. The molecule has 8 nitrogen and oxygen atoms in total. The molecule has 222 valence electrons. The summed E-state index contributed by atoms with van der Waals surface area (Å²) in [5.41, 5.74) is 2.88. The van der Waals surface area contributed by atoms with Crippen molar-refractivity contribution >= 4 is 34.4 Å². The first kappa shape index (κ1) is 31.0. The molecule has 1 aromatic heterocycles. The minimum atomic E-state index is -0.688. The Kier molecular flexibility index (Phi) is 11.2. The standard InChI is InChI=1S/C32H42ClN3O5/c1-22(21-36-17-15-35(16-18-36)14-6-4-5-7-19-37)29(32(39)41-31(38)24-8-10-25(33)11-9-24)30-23(2)34-28-13-12-26(40-3)20-27(28)30/h8-13,20,22,29,34,37H,4-7,14-19,21H2,1-3H3. The van der Waals surface area contributed by atoms with E-state index in [-0.39, 0.29) is 18.1 Å². The fourth-order valence-electron chi connectivity index (χ4n) is 5.80. The van der Waals surface area contributed by atoms with Gasteiger partial charge in [0.05, 0.1) is 18.6 Å². The lowest BCUT2D eigenvalue weighted by Crippen LogP contribution is -2.48. The van der Waals surface area contributed by atoms with Crippen LogP contribution in [0.4, 0.5) is 0 Å². The van der Waals surface area contributed by atoms with Crippen molar-refractivity contribution in [1.82, 2.24) is 14.8 Å². The maximum absolute atomic E-state index is 13.8. The average Bonchev–Trinajstić information content (AvgIpc) is 3.28. The lowest BCUT2D eigenvalue weighted by molar-refractivity contribution is -0.141. The van der Waals surface area contributed by atoms with Gasteiger partial charge in [0, 0.05) is 61.0 Å². The van der Waals surface area contributed by atoms with Crippen molar-refractivity contribution in [3.05, 3.63) is 64.3 Å². The molecule has 0 aliphatic carbocycles. The van der Waals surface area contributed by atoms with Crippen LogP contribution in [0, 0.1) is 12.8 Å². The number of esters is 2. The number of piperazine rings is 1. The predicted molar refractivity (Wildman–Crippen MR) is 162 cm³/mol. The summed E-state index contributed by atoms with van der Waals surface area (Å²) < 4.78 is 11.0. The van der Waals surface area contributed by atoms with Gasteiger partial charge in [-0.3, -0.25) is 4.79 Å². The van der Waals surface area contributed by atoms with Crippen molar-refractivity contribution in [3.8, 4) is 5.75 Å². The highest BCUT2D eigenvalue weighted by atomic mass is 35.5. The summed E-state index contributed by atoms with van der Waals surface area (Å²) >= 11 is 5.98. The molecule has 1 aliphatic heterocycles. The molecular formula is C32H42ClN3O5. The number of halogens is 1. The van der Waals surface area contributed by atoms with E-state index in [0.717, 1.165) is 80.6 Å². The number of nitrogens with one attached hydrogen (secondary N) is 1. The fraction of sp³-hybridized carbons (Fsp3) is 0.500. The highest BCUT2D eigenvalue weighted by molar-refractivity contribution is 6.30. The average molecular weight is 584 g/mol. The van der Waals surface area contributed by atoms with Crippen molar-refractivity contribution in [2.75, 3.05) is 53.0 Å². The van der Waals surface area contributed by atoms with Crippen molar-refractivity contribution in [3.63, 3.8) is 0 Å². The van der Waals surface area contributed by atoms with Gasteiger partial charge in [0.2, 0.25) is 0 Å². The van der Waals surface area contributed by atoms with Crippen molar-refractivity contribution < 1.29 is 24.2 Å². The minimum absolute atomic E-state index is 0.116. The Morgan fingerprint density at radius 3 is 2.37 bits per heavy atom. The normalized spacial score (nSPS) is 16.0. The van der Waals surface area contributed by atoms with E-state index in [1.807, 2.05) is 25.1 Å². The third kappa shape index (κ3) is 8.10. The van der Waals surface area contributed by atoms with E-state index >= 15 is 0 Å². The number of aromatic amines is 1. The van der Waals surface area contributed by atoms with E-state index in [1.54, 1.807) is 31.4 Å². The van der Waals surface area contributed by atoms with Crippen LogP contribution in [0.5, 0.6) is 5.75 Å². The second-order valence-corrected chi connectivity index (χ2v) is 11.5. The summed E-state index contributed by atoms with van der Waals surface area (Å²) in [6.07, 6.45) is 4.24. The van der Waals surface area contributed by atoms with Crippen molar-refractivity contribution in [1.29, 1.82) is 0 Å². The van der Waals surface area contributed by atoms with Crippen LogP contribution >= 0.6 is 11.6 Å². The Morgan fingerprint density at radius 1 is 1.00 bits per heavy atom. The second-order valence-electron chi connectivity index (χ2n) is 11.0. The van der Waals surface area contributed by atoms with Gasteiger partial charge >= 0.3 is 11.9 Å². The summed E-state index contributed by atoms with van der Waals surface area (Å²) in [6.45, 7) is 9.88. The number of hydrogen-bond donors (Lipinski definition) is 2. The lowest BCUT2D eigenvalue weighted by Gasteiger charge is -2.37. The van der Waals surface area contributed by atoms with Crippen LogP contribution in [0.15, 0.2) is 42.5 Å². The first-order valence-corrected chi connectivity index (χ1v) is 14.9. The van der Waals surface area contributed by atoms with E-state index in [4.69, 9.17) is 26.2 Å². The minimum Gasteiger partial charge on any atom is -0.497 e. The molecule has 0 saturated carbocycles. The van der Waals surface area contributed by atoms with E-state index in [2.05, 4.69) is 21.7 Å². The largest absolute Gasteiger partial charge is 0.497 e. The molecule has 0 spiro atoms. The van der Waals surface area contributed by atoms with Crippen molar-refractivity contribution in [2.24, 2.45) is 5.92 Å². The molecule has 2 heterocycles. The zero-order valence-corrected chi connectivity index (χ0v) is 25.1. The molecule has 3 aromatic rings. The molecule has 9 heteroatoms. The van der Waals surface area contributed by atoms with Crippen LogP contribution in [-0.4, -0.2) is 84.8 Å². The van der Waals surface area contributed by atoms with Gasteiger partial charge in [-0.2, -0.15) is 0 Å². The molecule has 1 aliphatic rings. The van der Waals surface area contributed by atoms with Gasteiger partial charge in [-0.05, 0) is 80.3 Å². The van der Waals surface area contributed by atoms with Gasteiger partial charge in [-0.25, -0.2) is 4.79 Å². The first-order valence-electron chi connectivity index (χ1n) is 14.5. The number of nitrogens with zero attached hydrogens (tertiary/aromatic N) is 2. The molecule has 0 amide bonds. The first-order chi connectivity index (χ1) is 19.8. The number of unbranched alkanes of at least 4 members (excludes halogenated alkanes) is 3. The topological polar surface area (TPSA) is 95.1 Å². The van der Waals surface area contributed by atoms with Gasteiger partial charge in [-0.1, -0.05) is 31.4 Å². The Bertz CT molecular complexity index is 1300. The number of carbonyl (C=O) groups is 2. The number of aryl methyl sites for hydroxylation is 1. The van der Waals surface area contributed by atoms with Crippen LogP contribution in [0.2, 0.25) is 5.02 Å². The quantitative estimate of drug-likeness (QED) is 0.158. The molecule has 2 unspecified atom stereocenters. The molecular weight excluding hydrogens is 542 g/mol. The van der Waals surface area contributed by atoms with Crippen LogP contribution in [-0.2, 0) is 9.53 Å². The Hall–Kier alpha value is -2.91. The van der Waals surface area contributed by atoms with Gasteiger partial charge in [0.25, 0.3) is 0 Å². The third-order valence-electron chi connectivity index (χ3n) is 8.04. The van der Waals surface area contributed by atoms with Crippen LogP contribution in [0.3, 0.4) is 0 Å². The molecule has 1 fully saturated rings. The smallest absolute Gasteiger partial charge is 0.345 e. The van der Waals surface area contributed by atoms with Crippen LogP contribution in [0.25, 0.3) is 10.9 Å². The highest BCUT2D eigenvalue weighted by Gasteiger charge is 2.35. The highest BCUT2D eigenvalue weighted by Crippen LogP contribution is 2.37. The van der Waals surface area contributed by atoms with E-state index in [1.165, 1.54) is 0 Å². The molecule has 0 bridgehead atoms. The van der Waals surface area contributed by atoms with Crippen LogP contribution in [0.1, 0.15) is 60.1 Å². The molecule has 41 heavy (non-hydrogen) atoms. The third-order valence-corrected chi connectivity index (χ3v) is 8.30. The summed E-state index contributed by atoms with van der Waals surface area (Å²) in [5.74, 6) is -1.33. The summed E-state index contributed by atoms with van der Waals surface area (Å²) in [5, 5.41) is 10.4. The summed E-state index contributed by atoms with van der Waals surface area (Å²) in [6, 6.07) is 12.1. The van der Waals surface area contributed by atoms with Crippen molar-refractivity contribution in [2.45, 2.75) is 45.4 Å². The Balaban J connectivity index is 1.50. The second kappa shape index (κ2) is 14.8. The predicted octanol–water partition coefficient (Wildman–Crippen LogP) is 5.41. The van der Waals surface area contributed by atoms with E-state index in [0.29, 0.717) is 17.3 Å². The van der Waals surface area contributed by atoms with Gasteiger partial charge in [0.1, 0.15) is 5.75 Å². The summed E-state index contributed by atoms with van der Waals surface area (Å²) in [4.78, 5) is 35.1. The molecule has 4 rings (SSSR count). The van der Waals surface area contributed by atoms with Gasteiger partial charge in [0.15, 0.2) is 0 Å². The molecule has 2 aromatic carbocycles. The Labute approximate surface area is 247 Å². The number of carbonyl (C=O) groups excluding carboxylic acids is 2. The number of methoxy groups -OCH3 is 1. The van der Waals surface area contributed by atoms with E-state index < -0.39 is 17.9 Å². The zero-order valence-electron chi connectivity index (χ0n) is 24.3. The number of ether oxygens (including phenoxy) is 2. The zero-order chi connectivity index (χ0) is 29.4. The number of benzene rings is 2. The SMILES string of the molecule is COc1ccc2[nH]c(C)c(C(C(=O)OC(=O)c3ccc(Cl)cc3)C(C)CN3CCN(CCCCCCO)CC3)c2c1. The number of fused-ring (bicyclic) bond motifs is 1. The monoisotopic (exact) mass is 583 g/mol. The lowest BCUT2D eigenvalue weighted by atomic mass is 9.84. The van der Waals surface area contributed by atoms with Gasteiger partial charge < -0.3 is 29.4 Å². The number of aromatic nitrogens is 1. The number of rotatable bonds is 13. The maximum Gasteiger partial charge on any atom is 0.345 e. The molecule has 0 radical (unpaired) electrons. The van der Waals surface area contributed by atoms with Gasteiger partial charge in [-0.15, -0.1) is 0 Å². The number of H-pyrrole nitrogens is 1. The number of aliphatic hydroxyl groups excluding tert-OH is 1. The number of aliphatic hydroxyl groups is 1. The number of hydrogen-bond acceptors (Lipinski definition) is 7. The van der Waals surface area contributed by atoms with Crippen LogP contribution < -0.4 is 4.74 Å². The summed E-state index contributed by atoms with van der Waals surface area (Å²) in [7, 11) is 1.62. The molecule has 2 N–H and O–H groups in total. The Morgan fingerprint density at radius 2 is 1.68 bits per heavy atom. The molecule has 1 saturated heterocycles. The van der Waals surface area contributed by atoms with E-state index in [9.17, 15) is 9.59 Å².